The second-order valence-corrected chi connectivity index (χ2v) is 12.2. The van der Waals surface area contributed by atoms with Gasteiger partial charge in [-0.15, -0.1) is 0 Å². The molecule has 0 aliphatic carbocycles. The van der Waals surface area contributed by atoms with Crippen molar-refractivity contribution in [2.24, 2.45) is 0 Å². The van der Waals surface area contributed by atoms with Crippen molar-refractivity contribution in [2.75, 3.05) is 158 Å². The molecular weight excluding hydrogens is 682 g/mol. The van der Waals surface area contributed by atoms with Gasteiger partial charge >= 0.3 is 0 Å². The summed E-state index contributed by atoms with van der Waals surface area (Å²) in [5.74, 6) is 0. The van der Waals surface area contributed by atoms with Gasteiger partial charge < -0.3 is 84.1 Å². The second kappa shape index (κ2) is 29.6. The van der Waals surface area contributed by atoms with Crippen LogP contribution in [0.25, 0.3) is 0 Å². The average molecular weight is 748 g/mol. The summed E-state index contributed by atoms with van der Waals surface area (Å²) < 4.78 is 44.0. The summed E-state index contributed by atoms with van der Waals surface area (Å²) in [6.07, 6.45) is -7.11. The number of hydrogen-bond donors (Lipinski definition) is 9. The van der Waals surface area contributed by atoms with E-state index in [0.29, 0.717) is 132 Å². The van der Waals surface area contributed by atoms with Gasteiger partial charge in [0.15, 0.2) is 0 Å². The molecule has 19 heteroatoms. The summed E-state index contributed by atoms with van der Waals surface area (Å²) in [5, 5.41) is 81.3. The standard InChI is InChI=1S/C32H65N3O16/c36-23-25-29(40)31(42)27(38)21-34(25)3-7-46-11-15-50-19-17-48-13-9-44-5-1-33-2-6-45-10-14-49-18-20-51-16-12-47-8-4-35-22-28(39)32(43)30(41)26(35)24-37/h25-33,36-43H,1-24H2/t25-,26-,27+,28+,29-,30-,31-,32-/m1/s1. The largest absolute Gasteiger partial charge is 0.395 e. The summed E-state index contributed by atoms with van der Waals surface area (Å²) in [6, 6.07) is -1.28. The van der Waals surface area contributed by atoms with Crippen LogP contribution in [-0.2, 0) is 37.9 Å². The van der Waals surface area contributed by atoms with Gasteiger partial charge in [0.25, 0.3) is 0 Å². The maximum atomic E-state index is 10.00. The van der Waals surface area contributed by atoms with Crippen LogP contribution in [0.5, 0.6) is 0 Å². The van der Waals surface area contributed by atoms with Crippen molar-refractivity contribution in [1.29, 1.82) is 0 Å². The highest BCUT2D eigenvalue weighted by Gasteiger charge is 2.41. The lowest BCUT2D eigenvalue weighted by Crippen LogP contribution is -2.62. The third-order valence-electron chi connectivity index (χ3n) is 8.56. The van der Waals surface area contributed by atoms with Gasteiger partial charge in [-0.2, -0.15) is 0 Å². The number of likely N-dealkylation sites (tertiary alicyclic amines) is 2. The maximum Gasteiger partial charge on any atom is 0.109 e. The van der Waals surface area contributed by atoms with Gasteiger partial charge in [-0.25, -0.2) is 0 Å². The smallest absolute Gasteiger partial charge is 0.109 e. The van der Waals surface area contributed by atoms with E-state index in [-0.39, 0.29) is 26.3 Å². The Morgan fingerprint density at radius 3 is 0.961 bits per heavy atom. The third-order valence-corrected chi connectivity index (χ3v) is 8.56. The highest BCUT2D eigenvalue weighted by atomic mass is 16.6. The van der Waals surface area contributed by atoms with E-state index >= 15 is 0 Å². The minimum Gasteiger partial charge on any atom is -0.395 e. The van der Waals surface area contributed by atoms with Gasteiger partial charge in [-0.1, -0.05) is 0 Å². The van der Waals surface area contributed by atoms with Gasteiger partial charge in [-0.3, -0.25) is 9.80 Å². The molecule has 2 heterocycles. The van der Waals surface area contributed by atoms with Gasteiger partial charge in [0.1, 0.15) is 24.4 Å². The third kappa shape index (κ3) is 19.4. The Hall–Kier alpha value is -0.760. The van der Waals surface area contributed by atoms with E-state index in [1.165, 1.54) is 0 Å². The van der Waals surface area contributed by atoms with Crippen LogP contribution in [0.2, 0.25) is 0 Å². The fraction of sp³-hybridized carbons (Fsp3) is 1.00. The molecule has 2 saturated heterocycles. The zero-order valence-electron chi connectivity index (χ0n) is 29.8. The van der Waals surface area contributed by atoms with E-state index in [1.807, 2.05) is 0 Å². The molecule has 51 heavy (non-hydrogen) atoms. The maximum absolute atomic E-state index is 10.00. The van der Waals surface area contributed by atoms with Crippen LogP contribution in [0.1, 0.15) is 0 Å². The highest BCUT2D eigenvalue weighted by Crippen LogP contribution is 2.19. The van der Waals surface area contributed by atoms with Crippen molar-refractivity contribution in [1.82, 2.24) is 15.1 Å². The number of ether oxygens (including phenoxy) is 8. The number of nitrogens with zero attached hydrogens (tertiary/aromatic N) is 2. The number of nitrogens with one attached hydrogen (secondary N) is 1. The Morgan fingerprint density at radius 2 is 0.667 bits per heavy atom. The Morgan fingerprint density at radius 1 is 0.392 bits per heavy atom. The van der Waals surface area contributed by atoms with Crippen molar-refractivity contribution >= 4 is 0 Å². The highest BCUT2D eigenvalue weighted by molar-refractivity contribution is 4.95. The molecular formula is C32H65N3O16. The molecule has 0 aromatic heterocycles. The van der Waals surface area contributed by atoms with E-state index in [0.717, 1.165) is 0 Å². The number of piperidine rings is 2. The number of hydrogen-bond acceptors (Lipinski definition) is 19. The first kappa shape index (κ1) is 46.4. The van der Waals surface area contributed by atoms with E-state index in [4.69, 9.17) is 37.9 Å². The molecule has 0 amide bonds. The molecule has 8 atom stereocenters. The minimum absolute atomic E-state index is 0.153. The molecule has 0 aromatic rings. The Balaban J connectivity index is 1.22. The van der Waals surface area contributed by atoms with Gasteiger partial charge in [0.05, 0.1) is 143 Å². The van der Waals surface area contributed by atoms with Gasteiger partial charge in [-0.05, 0) is 0 Å². The lowest BCUT2D eigenvalue weighted by atomic mass is 9.94. The Kier molecular flexibility index (Phi) is 26.9. The molecule has 19 nitrogen and oxygen atoms in total. The molecule has 0 radical (unpaired) electrons. The van der Waals surface area contributed by atoms with E-state index < -0.39 is 48.7 Å². The second-order valence-electron chi connectivity index (χ2n) is 12.2. The van der Waals surface area contributed by atoms with Crippen LogP contribution in [-0.4, -0.2) is 258 Å². The normalized spacial score (nSPS) is 27.8. The molecule has 0 aromatic carbocycles. The van der Waals surface area contributed by atoms with Crippen molar-refractivity contribution in [3.63, 3.8) is 0 Å². The first-order chi connectivity index (χ1) is 24.8. The fourth-order valence-corrected chi connectivity index (χ4v) is 5.57. The van der Waals surface area contributed by atoms with Crippen LogP contribution in [0, 0.1) is 0 Å². The van der Waals surface area contributed by atoms with Crippen molar-refractivity contribution in [3.8, 4) is 0 Å². The van der Waals surface area contributed by atoms with Crippen LogP contribution in [0.15, 0.2) is 0 Å². The molecule has 304 valence electrons. The zero-order chi connectivity index (χ0) is 37.1. The lowest BCUT2D eigenvalue weighted by molar-refractivity contribution is -0.147. The Labute approximate surface area is 300 Å². The van der Waals surface area contributed by atoms with Crippen molar-refractivity contribution < 1.29 is 78.7 Å². The van der Waals surface area contributed by atoms with E-state index in [9.17, 15) is 40.9 Å². The first-order valence-electron chi connectivity index (χ1n) is 17.9. The molecule has 2 fully saturated rings. The SMILES string of the molecule is OC[C@@H]1[C@@H](O)[C@H](O)[C@@H](O)CN1CCOCCOCCOCCOCCNCCOCCOCCOCCOCCN1C[C@H](O)[C@@H](O)[C@H](O)[C@H]1CO. The molecule has 2 rings (SSSR count). The van der Waals surface area contributed by atoms with Gasteiger partial charge in [0.2, 0.25) is 0 Å². The Bertz CT molecular complexity index is 752. The van der Waals surface area contributed by atoms with E-state index in [2.05, 4.69) is 5.32 Å². The van der Waals surface area contributed by atoms with E-state index in [1.54, 1.807) is 9.80 Å². The predicted molar refractivity (Wildman–Crippen MR) is 180 cm³/mol. The van der Waals surface area contributed by atoms with Crippen LogP contribution in [0.3, 0.4) is 0 Å². The topological polar surface area (TPSA) is 254 Å². The zero-order valence-corrected chi connectivity index (χ0v) is 29.8. The minimum atomic E-state index is -1.27. The molecule has 2 aliphatic rings. The summed E-state index contributed by atoms with van der Waals surface area (Å²) in [6.45, 7) is 8.83. The summed E-state index contributed by atoms with van der Waals surface area (Å²) in [4.78, 5) is 3.41. The number of β-amino-alcohol motifs (C(OH)–C–C–N with tert-alkyl or cyclic N) is 2. The lowest BCUT2D eigenvalue weighted by Gasteiger charge is -2.43. The van der Waals surface area contributed by atoms with Crippen LogP contribution in [0.4, 0.5) is 0 Å². The predicted octanol–water partition coefficient (Wildman–Crippen LogP) is -5.77. The summed E-state index contributed by atoms with van der Waals surface area (Å²) in [5.41, 5.74) is 0. The number of aliphatic hydroxyl groups is 8. The molecule has 0 spiro atoms. The van der Waals surface area contributed by atoms with Gasteiger partial charge in [0, 0.05) is 39.3 Å². The average Bonchev–Trinajstić information content (AvgIpc) is 3.12. The molecule has 0 unspecified atom stereocenters. The molecule has 0 bridgehead atoms. The fourth-order valence-electron chi connectivity index (χ4n) is 5.57. The monoisotopic (exact) mass is 747 g/mol. The number of rotatable bonds is 32. The van der Waals surface area contributed by atoms with Crippen LogP contribution >= 0.6 is 0 Å². The first-order valence-corrected chi connectivity index (χ1v) is 17.9. The molecule has 2 aliphatic heterocycles. The molecule has 0 saturated carbocycles. The van der Waals surface area contributed by atoms with Crippen molar-refractivity contribution in [3.05, 3.63) is 0 Å². The van der Waals surface area contributed by atoms with Crippen LogP contribution < -0.4 is 5.32 Å². The number of aliphatic hydroxyl groups excluding tert-OH is 8. The summed E-state index contributed by atoms with van der Waals surface area (Å²) in [7, 11) is 0. The van der Waals surface area contributed by atoms with Crippen molar-refractivity contribution in [2.45, 2.75) is 48.7 Å². The summed E-state index contributed by atoms with van der Waals surface area (Å²) >= 11 is 0. The quantitative estimate of drug-likeness (QED) is 0.0291. The molecule has 9 N–H and O–H groups in total.